The van der Waals surface area contributed by atoms with Gasteiger partial charge in [0, 0.05) is 48.9 Å². The van der Waals surface area contributed by atoms with E-state index in [0.29, 0.717) is 12.3 Å². The molecule has 3 rings (SSSR count). The standard InChI is InChI=1S/C22H30N2O2/c1-5-20(25)18-8-6-7-17(13-18)19-15-24(21(23-19)22(2,3)4)14-16-9-11-26-12-10-16/h6-8,13,15-16H,5,9-12,14H2,1-4H3. The van der Waals surface area contributed by atoms with E-state index in [1.165, 1.54) is 0 Å². The first-order valence-electron chi connectivity index (χ1n) is 9.67. The van der Waals surface area contributed by atoms with Crippen molar-refractivity contribution in [1.82, 2.24) is 9.55 Å². The van der Waals surface area contributed by atoms with Crippen LogP contribution in [-0.2, 0) is 16.7 Å². The van der Waals surface area contributed by atoms with Crippen molar-refractivity contribution in [3.8, 4) is 11.3 Å². The second-order valence-corrected chi connectivity index (χ2v) is 8.27. The molecule has 1 aliphatic heterocycles. The molecule has 140 valence electrons. The normalized spacial score (nSPS) is 16.0. The molecule has 0 radical (unpaired) electrons. The van der Waals surface area contributed by atoms with Crippen LogP contribution in [0.2, 0.25) is 0 Å². The zero-order valence-electron chi connectivity index (χ0n) is 16.4. The monoisotopic (exact) mass is 354 g/mol. The topological polar surface area (TPSA) is 44.1 Å². The summed E-state index contributed by atoms with van der Waals surface area (Å²) in [7, 11) is 0. The first-order valence-corrected chi connectivity index (χ1v) is 9.67. The Labute approximate surface area is 156 Å². The van der Waals surface area contributed by atoms with Crippen molar-refractivity contribution < 1.29 is 9.53 Å². The highest BCUT2D eigenvalue weighted by molar-refractivity contribution is 5.96. The lowest BCUT2D eigenvalue weighted by atomic mass is 9.94. The van der Waals surface area contributed by atoms with Gasteiger partial charge < -0.3 is 9.30 Å². The zero-order valence-corrected chi connectivity index (χ0v) is 16.4. The van der Waals surface area contributed by atoms with Crippen LogP contribution in [0.4, 0.5) is 0 Å². The number of hydrogen-bond acceptors (Lipinski definition) is 3. The van der Waals surface area contributed by atoms with Crippen LogP contribution in [0.25, 0.3) is 11.3 Å². The highest BCUT2D eigenvalue weighted by Gasteiger charge is 2.24. The summed E-state index contributed by atoms with van der Waals surface area (Å²) in [6.07, 6.45) is 4.90. The van der Waals surface area contributed by atoms with Crippen LogP contribution < -0.4 is 0 Å². The predicted molar refractivity (Wildman–Crippen MR) is 105 cm³/mol. The van der Waals surface area contributed by atoms with E-state index >= 15 is 0 Å². The third-order valence-electron chi connectivity index (χ3n) is 5.04. The number of aromatic nitrogens is 2. The largest absolute Gasteiger partial charge is 0.381 e. The van der Waals surface area contributed by atoms with Crippen molar-refractivity contribution in [1.29, 1.82) is 0 Å². The van der Waals surface area contributed by atoms with Gasteiger partial charge in [-0.3, -0.25) is 4.79 Å². The highest BCUT2D eigenvalue weighted by Crippen LogP contribution is 2.29. The molecule has 0 saturated carbocycles. The molecule has 26 heavy (non-hydrogen) atoms. The maximum atomic E-state index is 12.1. The number of carbonyl (C=O) groups is 1. The smallest absolute Gasteiger partial charge is 0.162 e. The third kappa shape index (κ3) is 4.24. The van der Waals surface area contributed by atoms with Gasteiger partial charge in [0.1, 0.15) is 5.82 Å². The van der Waals surface area contributed by atoms with Crippen LogP contribution in [0.3, 0.4) is 0 Å². The molecule has 1 saturated heterocycles. The molecule has 1 aliphatic rings. The summed E-state index contributed by atoms with van der Waals surface area (Å²) in [6, 6.07) is 7.85. The van der Waals surface area contributed by atoms with Gasteiger partial charge >= 0.3 is 0 Å². The van der Waals surface area contributed by atoms with Crippen LogP contribution in [0, 0.1) is 5.92 Å². The van der Waals surface area contributed by atoms with E-state index in [4.69, 9.17) is 9.72 Å². The quantitative estimate of drug-likeness (QED) is 0.720. The molecule has 0 N–H and O–H groups in total. The average molecular weight is 354 g/mol. The molecule has 0 bridgehead atoms. The maximum absolute atomic E-state index is 12.1. The van der Waals surface area contributed by atoms with E-state index in [2.05, 4.69) is 31.5 Å². The molecule has 0 amide bonds. The van der Waals surface area contributed by atoms with Crippen LogP contribution in [-0.4, -0.2) is 28.5 Å². The summed E-state index contributed by atoms with van der Waals surface area (Å²) in [5.41, 5.74) is 2.70. The number of ketones is 1. The predicted octanol–water partition coefficient (Wildman–Crippen LogP) is 4.87. The van der Waals surface area contributed by atoms with Crippen LogP contribution in [0.5, 0.6) is 0 Å². The number of rotatable bonds is 5. The summed E-state index contributed by atoms with van der Waals surface area (Å²) in [6.45, 7) is 11.2. The number of Topliss-reactive ketones (excluding diaryl/α,β-unsaturated/α-hetero) is 1. The molecule has 2 heterocycles. The van der Waals surface area contributed by atoms with Gasteiger partial charge in [-0.15, -0.1) is 0 Å². The van der Waals surface area contributed by atoms with E-state index in [0.717, 1.165) is 55.2 Å². The fourth-order valence-corrected chi connectivity index (χ4v) is 3.56. The Bertz CT molecular complexity index is 765. The zero-order chi connectivity index (χ0) is 18.7. The van der Waals surface area contributed by atoms with Crippen LogP contribution >= 0.6 is 0 Å². The highest BCUT2D eigenvalue weighted by atomic mass is 16.5. The van der Waals surface area contributed by atoms with Gasteiger partial charge in [-0.05, 0) is 24.8 Å². The van der Waals surface area contributed by atoms with Crippen molar-refractivity contribution in [2.24, 2.45) is 5.92 Å². The van der Waals surface area contributed by atoms with E-state index in [-0.39, 0.29) is 11.2 Å². The first kappa shape index (κ1) is 18.8. The Balaban J connectivity index is 1.94. The van der Waals surface area contributed by atoms with Crippen molar-refractivity contribution in [3.05, 3.63) is 41.9 Å². The second kappa shape index (κ2) is 7.75. The summed E-state index contributed by atoms with van der Waals surface area (Å²) in [5.74, 6) is 1.91. The molecule has 1 fully saturated rings. The Morgan fingerprint density at radius 3 is 2.65 bits per heavy atom. The fourth-order valence-electron chi connectivity index (χ4n) is 3.56. The van der Waals surface area contributed by atoms with Gasteiger partial charge in [0.15, 0.2) is 5.78 Å². The molecular formula is C22H30N2O2. The van der Waals surface area contributed by atoms with Crippen LogP contribution in [0.1, 0.15) is 63.1 Å². The third-order valence-corrected chi connectivity index (χ3v) is 5.04. The molecular weight excluding hydrogens is 324 g/mol. The first-order chi connectivity index (χ1) is 12.4. The summed E-state index contributed by atoms with van der Waals surface area (Å²) >= 11 is 0. The minimum absolute atomic E-state index is 0.0275. The summed E-state index contributed by atoms with van der Waals surface area (Å²) in [5, 5.41) is 0. The molecule has 0 unspecified atom stereocenters. The molecule has 2 aromatic rings. The van der Waals surface area contributed by atoms with Gasteiger partial charge in [0.2, 0.25) is 0 Å². The molecule has 4 nitrogen and oxygen atoms in total. The Kier molecular flexibility index (Phi) is 5.61. The molecule has 1 aromatic carbocycles. The lowest BCUT2D eigenvalue weighted by Gasteiger charge is -2.25. The minimum Gasteiger partial charge on any atom is -0.381 e. The van der Waals surface area contributed by atoms with Gasteiger partial charge in [0.25, 0.3) is 0 Å². The van der Waals surface area contributed by atoms with Gasteiger partial charge in [0.05, 0.1) is 5.69 Å². The SMILES string of the molecule is CCC(=O)c1cccc(-c2cn(CC3CCOCC3)c(C(C)(C)C)n2)c1. The average Bonchev–Trinajstić information content (AvgIpc) is 3.06. The number of ether oxygens (including phenoxy) is 1. The Morgan fingerprint density at radius 1 is 1.27 bits per heavy atom. The molecule has 0 aliphatic carbocycles. The second-order valence-electron chi connectivity index (χ2n) is 8.27. The van der Waals surface area contributed by atoms with E-state index in [1.807, 2.05) is 31.2 Å². The van der Waals surface area contributed by atoms with Crippen molar-refractivity contribution in [2.45, 2.75) is 58.9 Å². The van der Waals surface area contributed by atoms with Gasteiger partial charge in [-0.1, -0.05) is 45.9 Å². The fraction of sp³-hybridized carbons (Fsp3) is 0.545. The number of imidazole rings is 1. The lowest BCUT2D eigenvalue weighted by molar-refractivity contribution is 0.0607. The maximum Gasteiger partial charge on any atom is 0.162 e. The van der Waals surface area contributed by atoms with Gasteiger partial charge in [-0.2, -0.15) is 0 Å². The van der Waals surface area contributed by atoms with E-state index in [9.17, 15) is 4.79 Å². The van der Waals surface area contributed by atoms with Crippen LogP contribution in [0.15, 0.2) is 30.5 Å². The Hall–Kier alpha value is -1.94. The van der Waals surface area contributed by atoms with Crippen molar-refractivity contribution in [2.75, 3.05) is 13.2 Å². The summed E-state index contributed by atoms with van der Waals surface area (Å²) < 4.78 is 7.82. The lowest BCUT2D eigenvalue weighted by Crippen LogP contribution is -2.24. The summed E-state index contributed by atoms with van der Waals surface area (Å²) in [4.78, 5) is 17.0. The van der Waals surface area contributed by atoms with Crippen molar-refractivity contribution >= 4 is 5.78 Å². The minimum atomic E-state index is -0.0275. The number of carbonyl (C=O) groups excluding carboxylic acids is 1. The Morgan fingerprint density at radius 2 is 2.00 bits per heavy atom. The molecule has 4 heteroatoms. The van der Waals surface area contributed by atoms with E-state index in [1.54, 1.807) is 0 Å². The number of hydrogen-bond donors (Lipinski definition) is 0. The number of nitrogens with zero attached hydrogens (tertiary/aromatic N) is 2. The van der Waals surface area contributed by atoms with E-state index < -0.39 is 0 Å². The number of benzene rings is 1. The molecule has 1 aromatic heterocycles. The van der Waals surface area contributed by atoms with Gasteiger partial charge in [-0.25, -0.2) is 4.98 Å². The molecule has 0 atom stereocenters. The van der Waals surface area contributed by atoms with Crippen molar-refractivity contribution in [3.63, 3.8) is 0 Å². The molecule has 0 spiro atoms.